The van der Waals surface area contributed by atoms with Gasteiger partial charge in [0.15, 0.2) is 5.65 Å². The van der Waals surface area contributed by atoms with Gasteiger partial charge in [-0.2, -0.15) is 0 Å². The molecular weight excluding hydrogens is 354 g/mol. The summed E-state index contributed by atoms with van der Waals surface area (Å²) in [5.41, 5.74) is 2.51. The van der Waals surface area contributed by atoms with Crippen LogP contribution in [0, 0.1) is 0 Å². The largest absolute Gasteiger partial charge is 0.342 e. The highest BCUT2D eigenvalue weighted by molar-refractivity contribution is 5.88. The van der Waals surface area contributed by atoms with Gasteiger partial charge in [0.2, 0.25) is 11.8 Å². The monoisotopic (exact) mass is 377 g/mol. The van der Waals surface area contributed by atoms with Crippen molar-refractivity contribution in [3.63, 3.8) is 0 Å². The van der Waals surface area contributed by atoms with Gasteiger partial charge in [0.25, 0.3) is 0 Å². The number of amides is 2. The lowest BCUT2D eigenvalue weighted by Crippen LogP contribution is -2.40. The fourth-order valence-electron chi connectivity index (χ4n) is 3.75. The van der Waals surface area contributed by atoms with Gasteiger partial charge in [0.05, 0.1) is 6.42 Å². The minimum atomic E-state index is -0.107. The third-order valence-electron chi connectivity index (χ3n) is 5.11. The van der Waals surface area contributed by atoms with E-state index >= 15 is 0 Å². The SMILES string of the molecule is CC(=O)Nc1ccc(CC(=O)N2CCCC(c3nnc4ccccn34)C2)cc1. The van der Waals surface area contributed by atoms with E-state index in [1.165, 1.54) is 6.92 Å². The lowest BCUT2D eigenvalue weighted by atomic mass is 9.96. The first kappa shape index (κ1) is 18.2. The van der Waals surface area contributed by atoms with E-state index in [0.29, 0.717) is 13.0 Å². The topological polar surface area (TPSA) is 79.6 Å². The lowest BCUT2D eigenvalue weighted by molar-refractivity contribution is -0.131. The molecule has 3 aromatic rings. The number of benzene rings is 1. The Kier molecular flexibility index (Phi) is 5.06. The summed E-state index contributed by atoms with van der Waals surface area (Å²) in [7, 11) is 0. The van der Waals surface area contributed by atoms with Crippen molar-refractivity contribution in [2.45, 2.75) is 32.1 Å². The van der Waals surface area contributed by atoms with Gasteiger partial charge in [-0.15, -0.1) is 10.2 Å². The van der Waals surface area contributed by atoms with E-state index in [9.17, 15) is 9.59 Å². The summed E-state index contributed by atoms with van der Waals surface area (Å²) in [5.74, 6) is 1.12. The Morgan fingerprint density at radius 3 is 2.75 bits per heavy atom. The van der Waals surface area contributed by atoms with Crippen LogP contribution in [0.4, 0.5) is 5.69 Å². The predicted molar refractivity (Wildman–Crippen MR) is 106 cm³/mol. The molecule has 2 aromatic heterocycles. The lowest BCUT2D eigenvalue weighted by Gasteiger charge is -2.32. The van der Waals surface area contributed by atoms with Gasteiger partial charge in [0.1, 0.15) is 5.82 Å². The van der Waals surface area contributed by atoms with E-state index in [0.717, 1.165) is 42.1 Å². The first-order valence-corrected chi connectivity index (χ1v) is 9.54. The molecule has 0 bridgehead atoms. The zero-order chi connectivity index (χ0) is 19.5. The summed E-state index contributed by atoms with van der Waals surface area (Å²) in [5, 5.41) is 11.3. The molecular formula is C21H23N5O2. The van der Waals surface area contributed by atoms with Crippen molar-refractivity contribution >= 4 is 23.1 Å². The number of nitrogens with zero attached hydrogens (tertiary/aromatic N) is 4. The van der Waals surface area contributed by atoms with Gasteiger partial charge in [-0.05, 0) is 42.7 Å². The normalized spacial score (nSPS) is 16.9. The third kappa shape index (κ3) is 3.88. The summed E-state index contributed by atoms with van der Waals surface area (Å²) in [6.07, 6.45) is 4.29. The Bertz CT molecular complexity index is 995. The molecule has 1 unspecified atom stereocenters. The highest BCUT2D eigenvalue weighted by atomic mass is 16.2. The number of piperidine rings is 1. The van der Waals surface area contributed by atoms with Crippen molar-refractivity contribution in [1.82, 2.24) is 19.5 Å². The van der Waals surface area contributed by atoms with E-state index in [4.69, 9.17) is 0 Å². The average molecular weight is 377 g/mol. The summed E-state index contributed by atoms with van der Waals surface area (Å²) in [4.78, 5) is 25.9. The molecule has 1 aliphatic rings. The molecule has 7 nitrogen and oxygen atoms in total. The second-order valence-electron chi connectivity index (χ2n) is 7.22. The van der Waals surface area contributed by atoms with E-state index in [1.807, 2.05) is 58.0 Å². The molecule has 0 radical (unpaired) electrons. The van der Waals surface area contributed by atoms with E-state index in [2.05, 4.69) is 15.5 Å². The second kappa shape index (κ2) is 7.80. The summed E-state index contributed by atoms with van der Waals surface area (Å²) < 4.78 is 2.01. The molecule has 0 spiro atoms. The summed E-state index contributed by atoms with van der Waals surface area (Å²) in [6.45, 7) is 2.91. The summed E-state index contributed by atoms with van der Waals surface area (Å²) >= 11 is 0. The van der Waals surface area contributed by atoms with Crippen LogP contribution in [-0.4, -0.2) is 44.4 Å². The average Bonchev–Trinajstić information content (AvgIpc) is 3.13. The maximum absolute atomic E-state index is 12.8. The van der Waals surface area contributed by atoms with Crippen molar-refractivity contribution in [2.75, 3.05) is 18.4 Å². The van der Waals surface area contributed by atoms with Gasteiger partial charge in [-0.3, -0.25) is 14.0 Å². The fraction of sp³-hybridized carbons (Fsp3) is 0.333. The van der Waals surface area contributed by atoms with Crippen LogP contribution in [0.5, 0.6) is 0 Å². The van der Waals surface area contributed by atoms with Crippen LogP contribution in [0.1, 0.15) is 37.1 Å². The zero-order valence-electron chi connectivity index (χ0n) is 15.8. The molecule has 1 fully saturated rings. The molecule has 1 aliphatic heterocycles. The van der Waals surface area contributed by atoms with Crippen LogP contribution in [0.25, 0.3) is 5.65 Å². The Morgan fingerprint density at radius 1 is 1.14 bits per heavy atom. The molecule has 4 rings (SSSR count). The molecule has 0 aliphatic carbocycles. The predicted octanol–water partition coefficient (Wildman–Crippen LogP) is 2.64. The number of carbonyl (C=O) groups excluding carboxylic acids is 2. The highest BCUT2D eigenvalue weighted by Gasteiger charge is 2.27. The Labute approximate surface area is 163 Å². The van der Waals surface area contributed by atoms with Gasteiger partial charge in [-0.1, -0.05) is 18.2 Å². The molecule has 7 heteroatoms. The number of likely N-dealkylation sites (tertiary alicyclic amines) is 1. The Morgan fingerprint density at radius 2 is 1.96 bits per heavy atom. The van der Waals surface area contributed by atoms with Crippen LogP contribution < -0.4 is 5.32 Å². The second-order valence-corrected chi connectivity index (χ2v) is 7.22. The highest BCUT2D eigenvalue weighted by Crippen LogP contribution is 2.26. The van der Waals surface area contributed by atoms with Gasteiger partial charge < -0.3 is 10.2 Å². The first-order valence-electron chi connectivity index (χ1n) is 9.54. The maximum Gasteiger partial charge on any atom is 0.227 e. The van der Waals surface area contributed by atoms with Crippen molar-refractivity contribution in [3.8, 4) is 0 Å². The van der Waals surface area contributed by atoms with Gasteiger partial charge in [0, 0.05) is 37.8 Å². The number of pyridine rings is 1. The third-order valence-corrected chi connectivity index (χ3v) is 5.11. The van der Waals surface area contributed by atoms with Crippen molar-refractivity contribution in [1.29, 1.82) is 0 Å². The standard InChI is InChI=1S/C21H23N5O2/c1-15(27)22-18-9-7-16(8-10-18)13-20(28)25-11-4-5-17(14-25)21-24-23-19-6-2-3-12-26(19)21/h2-3,6-10,12,17H,4-5,11,13-14H2,1H3,(H,22,27). The Balaban J connectivity index is 1.42. The number of fused-ring (bicyclic) bond motifs is 1. The Hall–Kier alpha value is -3.22. The molecule has 28 heavy (non-hydrogen) atoms. The van der Waals surface area contributed by atoms with Crippen LogP contribution >= 0.6 is 0 Å². The zero-order valence-corrected chi connectivity index (χ0v) is 15.8. The molecule has 1 saturated heterocycles. The number of aromatic nitrogens is 3. The quantitative estimate of drug-likeness (QED) is 0.758. The number of hydrogen-bond donors (Lipinski definition) is 1. The van der Waals surface area contributed by atoms with Crippen LogP contribution in [-0.2, 0) is 16.0 Å². The smallest absolute Gasteiger partial charge is 0.227 e. The molecule has 3 heterocycles. The van der Waals surface area contributed by atoms with E-state index in [-0.39, 0.29) is 17.7 Å². The molecule has 144 valence electrons. The number of anilines is 1. The van der Waals surface area contributed by atoms with Crippen LogP contribution in [0.2, 0.25) is 0 Å². The first-order chi connectivity index (χ1) is 13.6. The van der Waals surface area contributed by atoms with Crippen molar-refractivity contribution < 1.29 is 9.59 Å². The number of rotatable bonds is 4. The fourth-order valence-corrected chi connectivity index (χ4v) is 3.75. The van der Waals surface area contributed by atoms with Crippen molar-refractivity contribution in [3.05, 3.63) is 60.0 Å². The molecule has 1 N–H and O–H groups in total. The van der Waals surface area contributed by atoms with Crippen LogP contribution in [0.15, 0.2) is 48.7 Å². The number of hydrogen-bond acceptors (Lipinski definition) is 4. The molecule has 1 aromatic carbocycles. The molecule has 1 atom stereocenters. The molecule has 2 amide bonds. The van der Waals surface area contributed by atoms with Gasteiger partial charge in [-0.25, -0.2) is 0 Å². The van der Waals surface area contributed by atoms with E-state index < -0.39 is 0 Å². The van der Waals surface area contributed by atoms with Gasteiger partial charge >= 0.3 is 0 Å². The number of carbonyl (C=O) groups is 2. The van der Waals surface area contributed by atoms with E-state index in [1.54, 1.807) is 0 Å². The summed E-state index contributed by atoms with van der Waals surface area (Å²) in [6, 6.07) is 13.3. The minimum absolute atomic E-state index is 0.107. The molecule has 0 saturated carbocycles. The minimum Gasteiger partial charge on any atom is -0.342 e. The number of nitrogens with one attached hydrogen (secondary N) is 1. The van der Waals surface area contributed by atoms with Crippen LogP contribution in [0.3, 0.4) is 0 Å². The maximum atomic E-state index is 12.8. The van der Waals surface area contributed by atoms with Crippen molar-refractivity contribution in [2.24, 2.45) is 0 Å².